The zero-order chi connectivity index (χ0) is 20.8. The van der Waals surface area contributed by atoms with Gasteiger partial charge in [-0.3, -0.25) is 14.4 Å². The van der Waals surface area contributed by atoms with Crippen LogP contribution < -0.4 is 16.2 Å². The molecule has 0 unspecified atom stereocenters. The lowest BCUT2D eigenvalue weighted by Gasteiger charge is -2.09. The third kappa shape index (κ3) is 5.58. The molecule has 29 heavy (non-hydrogen) atoms. The average Bonchev–Trinajstić information content (AvgIpc) is 2.71. The molecule has 0 spiro atoms. The number of rotatable bonds is 6. The number of carbonyl (C=O) groups excluding carboxylic acids is 2. The standard InChI is InChI=1S/C22H21N3O3S/c1-15-6-11-21(27)25(13-15)14-20(26)23-17-9-7-16(8-10-17)22(28)24-18-4-3-5-19(12-18)29-2/h3-13H,14H2,1-2H3,(H,23,26)(H,24,28). The predicted molar refractivity (Wildman–Crippen MR) is 117 cm³/mol. The molecule has 2 aromatic carbocycles. The molecule has 3 aromatic rings. The summed E-state index contributed by atoms with van der Waals surface area (Å²) in [7, 11) is 0. The van der Waals surface area contributed by atoms with Crippen molar-refractivity contribution in [1.82, 2.24) is 4.57 Å². The van der Waals surface area contributed by atoms with E-state index >= 15 is 0 Å². The molecule has 2 amide bonds. The van der Waals surface area contributed by atoms with Gasteiger partial charge in [-0.05, 0) is 61.2 Å². The second-order valence-corrected chi connectivity index (χ2v) is 7.36. The molecule has 0 aliphatic heterocycles. The predicted octanol–water partition coefficient (Wildman–Crippen LogP) is 3.77. The number of nitrogens with one attached hydrogen (secondary N) is 2. The Morgan fingerprint density at radius 3 is 2.45 bits per heavy atom. The monoisotopic (exact) mass is 407 g/mol. The quantitative estimate of drug-likeness (QED) is 0.610. The third-order valence-corrected chi connectivity index (χ3v) is 4.93. The Hall–Kier alpha value is -3.32. The molecule has 0 aliphatic rings. The van der Waals surface area contributed by atoms with Crippen LogP contribution in [-0.4, -0.2) is 22.6 Å². The minimum Gasteiger partial charge on any atom is -0.325 e. The van der Waals surface area contributed by atoms with Gasteiger partial charge < -0.3 is 15.2 Å². The first kappa shape index (κ1) is 20.4. The van der Waals surface area contributed by atoms with Crippen LogP contribution in [0.1, 0.15) is 15.9 Å². The molecule has 0 aliphatic carbocycles. The molecule has 0 radical (unpaired) electrons. The van der Waals surface area contributed by atoms with E-state index in [9.17, 15) is 14.4 Å². The van der Waals surface area contributed by atoms with Crippen LogP contribution in [0.25, 0.3) is 0 Å². The number of amides is 2. The van der Waals surface area contributed by atoms with E-state index in [1.165, 1.54) is 10.6 Å². The molecule has 0 saturated carbocycles. The summed E-state index contributed by atoms with van der Waals surface area (Å²) in [5.41, 5.74) is 2.42. The number of pyridine rings is 1. The number of nitrogens with zero attached hydrogens (tertiary/aromatic N) is 1. The van der Waals surface area contributed by atoms with Crippen LogP contribution >= 0.6 is 11.8 Å². The highest BCUT2D eigenvalue weighted by molar-refractivity contribution is 7.98. The van der Waals surface area contributed by atoms with E-state index < -0.39 is 0 Å². The summed E-state index contributed by atoms with van der Waals surface area (Å²) in [4.78, 5) is 37.5. The Bertz CT molecular complexity index is 1090. The van der Waals surface area contributed by atoms with Gasteiger partial charge in [0.15, 0.2) is 0 Å². The van der Waals surface area contributed by atoms with Crippen molar-refractivity contribution >= 4 is 35.0 Å². The Kier molecular flexibility index (Phi) is 6.51. The van der Waals surface area contributed by atoms with Crippen LogP contribution in [0.15, 0.2) is 76.6 Å². The molecular formula is C22H21N3O3S. The van der Waals surface area contributed by atoms with Crippen molar-refractivity contribution in [1.29, 1.82) is 0 Å². The number of aryl methyl sites for hydroxylation is 1. The summed E-state index contributed by atoms with van der Waals surface area (Å²) < 4.78 is 1.36. The minimum absolute atomic E-state index is 0.0749. The smallest absolute Gasteiger partial charge is 0.255 e. The van der Waals surface area contributed by atoms with Crippen molar-refractivity contribution in [2.24, 2.45) is 0 Å². The molecule has 7 heteroatoms. The Balaban J connectivity index is 1.62. The van der Waals surface area contributed by atoms with Gasteiger partial charge >= 0.3 is 0 Å². The van der Waals surface area contributed by atoms with Gasteiger partial charge in [0.1, 0.15) is 6.54 Å². The number of benzene rings is 2. The second kappa shape index (κ2) is 9.25. The van der Waals surface area contributed by atoms with Crippen molar-refractivity contribution in [2.45, 2.75) is 18.4 Å². The number of carbonyl (C=O) groups is 2. The Morgan fingerprint density at radius 1 is 0.966 bits per heavy atom. The van der Waals surface area contributed by atoms with E-state index in [4.69, 9.17) is 0 Å². The molecule has 0 atom stereocenters. The highest BCUT2D eigenvalue weighted by Crippen LogP contribution is 2.20. The zero-order valence-corrected chi connectivity index (χ0v) is 17.0. The van der Waals surface area contributed by atoms with Gasteiger partial charge in [0.25, 0.3) is 11.5 Å². The fraction of sp³-hybridized carbons (Fsp3) is 0.136. The number of anilines is 2. The number of hydrogen-bond acceptors (Lipinski definition) is 4. The van der Waals surface area contributed by atoms with Crippen LogP contribution in [0, 0.1) is 6.92 Å². The summed E-state index contributed by atoms with van der Waals surface area (Å²) in [5, 5.41) is 5.59. The molecule has 0 saturated heterocycles. The number of thioether (sulfide) groups is 1. The zero-order valence-electron chi connectivity index (χ0n) is 16.1. The maximum absolute atomic E-state index is 12.4. The van der Waals surface area contributed by atoms with Gasteiger partial charge in [-0.25, -0.2) is 0 Å². The first-order valence-electron chi connectivity index (χ1n) is 8.97. The average molecular weight is 407 g/mol. The molecule has 0 fully saturated rings. The molecule has 1 aromatic heterocycles. The normalized spacial score (nSPS) is 10.4. The van der Waals surface area contributed by atoms with Crippen LogP contribution in [0.2, 0.25) is 0 Å². The topological polar surface area (TPSA) is 80.2 Å². The van der Waals surface area contributed by atoms with Crippen LogP contribution in [0.3, 0.4) is 0 Å². The van der Waals surface area contributed by atoms with Crippen LogP contribution in [0.5, 0.6) is 0 Å². The summed E-state index contributed by atoms with van der Waals surface area (Å²) in [6, 6.07) is 17.3. The molecule has 1 heterocycles. The van der Waals surface area contributed by atoms with Gasteiger partial charge in [0.05, 0.1) is 0 Å². The highest BCUT2D eigenvalue weighted by Gasteiger charge is 2.09. The highest BCUT2D eigenvalue weighted by atomic mass is 32.2. The van der Waals surface area contributed by atoms with E-state index in [1.54, 1.807) is 48.3 Å². The van der Waals surface area contributed by atoms with Crippen molar-refractivity contribution in [2.75, 3.05) is 16.9 Å². The first-order valence-corrected chi connectivity index (χ1v) is 10.2. The Morgan fingerprint density at radius 2 is 1.72 bits per heavy atom. The first-order chi connectivity index (χ1) is 13.9. The summed E-state index contributed by atoms with van der Waals surface area (Å²) in [6.07, 6.45) is 3.62. The van der Waals surface area contributed by atoms with Crippen LogP contribution in [-0.2, 0) is 11.3 Å². The Labute approximate surface area is 173 Å². The van der Waals surface area contributed by atoms with Gasteiger partial charge in [0, 0.05) is 34.1 Å². The molecule has 6 nitrogen and oxygen atoms in total. The second-order valence-electron chi connectivity index (χ2n) is 6.48. The molecular weight excluding hydrogens is 386 g/mol. The van der Waals surface area contributed by atoms with Crippen molar-refractivity contribution in [3.63, 3.8) is 0 Å². The lowest BCUT2D eigenvalue weighted by molar-refractivity contribution is -0.116. The molecule has 148 valence electrons. The maximum Gasteiger partial charge on any atom is 0.255 e. The molecule has 2 N–H and O–H groups in total. The summed E-state index contributed by atoms with van der Waals surface area (Å²) in [5.74, 6) is -0.545. The summed E-state index contributed by atoms with van der Waals surface area (Å²) >= 11 is 1.60. The van der Waals surface area contributed by atoms with Crippen molar-refractivity contribution in [3.05, 3.63) is 88.3 Å². The van der Waals surface area contributed by atoms with Gasteiger partial charge in [-0.1, -0.05) is 12.1 Å². The van der Waals surface area contributed by atoms with Gasteiger partial charge in [0.2, 0.25) is 5.91 Å². The number of aromatic nitrogens is 1. The van der Waals surface area contributed by atoms with E-state index in [-0.39, 0.29) is 23.9 Å². The number of hydrogen-bond donors (Lipinski definition) is 2. The fourth-order valence-corrected chi connectivity index (χ4v) is 3.20. The van der Waals surface area contributed by atoms with Gasteiger partial charge in [-0.15, -0.1) is 11.8 Å². The summed E-state index contributed by atoms with van der Waals surface area (Å²) in [6.45, 7) is 1.78. The maximum atomic E-state index is 12.4. The molecule has 0 bridgehead atoms. The van der Waals surface area contributed by atoms with Crippen molar-refractivity contribution in [3.8, 4) is 0 Å². The van der Waals surface area contributed by atoms with E-state index in [0.717, 1.165) is 16.1 Å². The van der Waals surface area contributed by atoms with E-state index in [2.05, 4.69) is 10.6 Å². The van der Waals surface area contributed by atoms with Crippen molar-refractivity contribution < 1.29 is 9.59 Å². The van der Waals surface area contributed by atoms with E-state index in [0.29, 0.717) is 11.3 Å². The van der Waals surface area contributed by atoms with Crippen LogP contribution in [0.4, 0.5) is 11.4 Å². The minimum atomic E-state index is -0.316. The largest absolute Gasteiger partial charge is 0.325 e. The third-order valence-electron chi connectivity index (χ3n) is 4.20. The van der Waals surface area contributed by atoms with E-state index in [1.807, 2.05) is 37.4 Å². The lowest BCUT2D eigenvalue weighted by atomic mass is 10.2. The lowest BCUT2D eigenvalue weighted by Crippen LogP contribution is -2.26. The fourth-order valence-electron chi connectivity index (χ4n) is 2.74. The SMILES string of the molecule is CSc1cccc(NC(=O)c2ccc(NC(=O)Cn3cc(C)ccc3=O)cc2)c1. The molecule has 3 rings (SSSR count). The van der Waals surface area contributed by atoms with Gasteiger partial charge in [-0.2, -0.15) is 0 Å².